The molecule has 72 valence electrons. The summed E-state index contributed by atoms with van der Waals surface area (Å²) in [4.78, 5) is 21.9. The van der Waals surface area contributed by atoms with Crippen molar-refractivity contribution in [1.29, 1.82) is 0 Å². The molecule has 0 aromatic carbocycles. The van der Waals surface area contributed by atoms with Gasteiger partial charge in [-0.1, -0.05) is 0 Å². The van der Waals surface area contributed by atoms with Crippen LogP contribution in [0.2, 0.25) is 0 Å². The maximum atomic E-state index is 10.9. The standard InChI is InChI=1S/C9H12O4/c10-8-4-6(5-9(11)13-8)7-2-1-3-12-7/h6-7H,1-5H2. The molecule has 13 heavy (non-hydrogen) atoms. The molecule has 0 amide bonds. The summed E-state index contributed by atoms with van der Waals surface area (Å²) in [5, 5.41) is 0. The fourth-order valence-corrected chi connectivity index (χ4v) is 1.95. The van der Waals surface area contributed by atoms with E-state index in [0.717, 1.165) is 19.4 Å². The van der Waals surface area contributed by atoms with Crippen molar-refractivity contribution in [3.8, 4) is 0 Å². The Labute approximate surface area is 76.2 Å². The van der Waals surface area contributed by atoms with Gasteiger partial charge in [0.05, 0.1) is 18.9 Å². The molecule has 1 atom stereocenters. The molecule has 0 aromatic rings. The van der Waals surface area contributed by atoms with E-state index in [0.29, 0.717) is 12.8 Å². The maximum absolute atomic E-state index is 10.9. The highest BCUT2D eigenvalue weighted by molar-refractivity contribution is 5.88. The molecule has 0 spiro atoms. The van der Waals surface area contributed by atoms with Crippen LogP contribution >= 0.6 is 0 Å². The van der Waals surface area contributed by atoms with E-state index in [1.54, 1.807) is 0 Å². The average Bonchev–Trinajstić information content (AvgIpc) is 2.53. The van der Waals surface area contributed by atoms with Crippen LogP contribution < -0.4 is 0 Å². The Bertz CT molecular complexity index is 214. The summed E-state index contributed by atoms with van der Waals surface area (Å²) in [6, 6.07) is 0. The summed E-state index contributed by atoms with van der Waals surface area (Å²) < 4.78 is 9.87. The minimum Gasteiger partial charge on any atom is -0.393 e. The summed E-state index contributed by atoms with van der Waals surface area (Å²) in [5.41, 5.74) is 0. The van der Waals surface area contributed by atoms with Gasteiger partial charge in [0.1, 0.15) is 0 Å². The molecular weight excluding hydrogens is 172 g/mol. The number of hydrogen-bond acceptors (Lipinski definition) is 4. The van der Waals surface area contributed by atoms with Gasteiger partial charge in [-0.05, 0) is 12.8 Å². The van der Waals surface area contributed by atoms with Gasteiger partial charge in [-0.25, -0.2) is 0 Å². The lowest BCUT2D eigenvalue weighted by Crippen LogP contribution is -2.32. The van der Waals surface area contributed by atoms with Gasteiger partial charge in [0, 0.05) is 12.5 Å². The van der Waals surface area contributed by atoms with Crippen molar-refractivity contribution in [2.75, 3.05) is 6.61 Å². The lowest BCUT2D eigenvalue weighted by atomic mass is 9.91. The Hall–Kier alpha value is -0.900. The van der Waals surface area contributed by atoms with Crippen LogP contribution in [0, 0.1) is 5.92 Å². The number of carbonyl (C=O) groups excluding carboxylic acids is 2. The molecule has 4 heteroatoms. The highest BCUT2D eigenvalue weighted by Crippen LogP contribution is 2.28. The fraction of sp³-hybridized carbons (Fsp3) is 0.778. The second kappa shape index (κ2) is 3.46. The van der Waals surface area contributed by atoms with Crippen LogP contribution in [0.3, 0.4) is 0 Å². The van der Waals surface area contributed by atoms with Gasteiger partial charge in [0.15, 0.2) is 0 Å². The third kappa shape index (κ3) is 1.88. The molecule has 2 fully saturated rings. The minimum absolute atomic E-state index is 0.0521. The van der Waals surface area contributed by atoms with E-state index in [1.807, 2.05) is 0 Å². The van der Waals surface area contributed by atoms with Crippen LogP contribution in [-0.2, 0) is 19.1 Å². The van der Waals surface area contributed by atoms with E-state index in [2.05, 4.69) is 4.74 Å². The molecule has 0 bridgehead atoms. The van der Waals surface area contributed by atoms with Crippen LogP contribution in [0.15, 0.2) is 0 Å². The van der Waals surface area contributed by atoms with E-state index in [9.17, 15) is 9.59 Å². The van der Waals surface area contributed by atoms with Gasteiger partial charge in [0.2, 0.25) is 0 Å². The van der Waals surface area contributed by atoms with Gasteiger partial charge in [0.25, 0.3) is 0 Å². The molecule has 1 unspecified atom stereocenters. The van der Waals surface area contributed by atoms with Crippen molar-refractivity contribution in [3.05, 3.63) is 0 Å². The van der Waals surface area contributed by atoms with Crippen molar-refractivity contribution in [2.24, 2.45) is 5.92 Å². The lowest BCUT2D eigenvalue weighted by molar-refractivity contribution is -0.167. The maximum Gasteiger partial charge on any atom is 0.313 e. The van der Waals surface area contributed by atoms with Crippen molar-refractivity contribution >= 4 is 11.9 Å². The van der Waals surface area contributed by atoms with E-state index in [4.69, 9.17) is 4.74 Å². The Morgan fingerprint density at radius 1 is 1.15 bits per heavy atom. The molecule has 2 aliphatic rings. The number of ether oxygens (including phenoxy) is 2. The average molecular weight is 184 g/mol. The molecule has 2 saturated heterocycles. The zero-order valence-corrected chi connectivity index (χ0v) is 7.32. The second-order valence-electron chi connectivity index (χ2n) is 3.57. The van der Waals surface area contributed by atoms with Crippen molar-refractivity contribution in [2.45, 2.75) is 31.8 Å². The van der Waals surface area contributed by atoms with Crippen LogP contribution in [0.25, 0.3) is 0 Å². The Morgan fingerprint density at radius 3 is 2.38 bits per heavy atom. The zero-order valence-electron chi connectivity index (χ0n) is 7.32. The van der Waals surface area contributed by atoms with Crippen LogP contribution in [0.4, 0.5) is 0 Å². The van der Waals surface area contributed by atoms with Gasteiger partial charge in [-0.2, -0.15) is 0 Å². The Kier molecular flexibility index (Phi) is 2.31. The van der Waals surface area contributed by atoms with Gasteiger partial charge < -0.3 is 9.47 Å². The lowest BCUT2D eigenvalue weighted by Gasteiger charge is -2.24. The second-order valence-corrected chi connectivity index (χ2v) is 3.57. The van der Waals surface area contributed by atoms with Crippen molar-refractivity contribution in [3.63, 3.8) is 0 Å². The van der Waals surface area contributed by atoms with Crippen LogP contribution in [-0.4, -0.2) is 24.6 Å². The van der Waals surface area contributed by atoms with E-state index < -0.39 is 11.9 Å². The third-order valence-electron chi connectivity index (χ3n) is 2.58. The minimum atomic E-state index is -0.406. The number of esters is 2. The first kappa shape index (κ1) is 8.69. The van der Waals surface area contributed by atoms with Gasteiger partial charge in [-0.3, -0.25) is 9.59 Å². The summed E-state index contributed by atoms with van der Waals surface area (Å²) in [7, 11) is 0. The number of carbonyl (C=O) groups is 2. The molecule has 0 radical (unpaired) electrons. The number of rotatable bonds is 1. The highest BCUT2D eigenvalue weighted by Gasteiger charge is 2.34. The predicted molar refractivity (Wildman–Crippen MR) is 42.8 cm³/mol. The molecule has 0 saturated carbocycles. The van der Waals surface area contributed by atoms with Gasteiger partial charge in [-0.15, -0.1) is 0 Å². The Morgan fingerprint density at radius 2 is 1.85 bits per heavy atom. The summed E-state index contributed by atoms with van der Waals surface area (Å²) in [6.45, 7) is 0.754. The van der Waals surface area contributed by atoms with Crippen molar-refractivity contribution in [1.82, 2.24) is 0 Å². The molecule has 4 nitrogen and oxygen atoms in total. The molecule has 2 rings (SSSR count). The van der Waals surface area contributed by atoms with Crippen LogP contribution in [0.1, 0.15) is 25.7 Å². The fourth-order valence-electron chi connectivity index (χ4n) is 1.95. The smallest absolute Gasteiger partial charge is 0.313 e. The zero-order chi connectivity index (χ0) is 9.26. The first-order chi connectivity index (χ1) is 6.25. The topological polar surface area (TPSA) is 52.6 Å². The monoisotopic (exact) mass is 184 g/mol. The van der Waals surface area contributed by atoms with Crippen LogP contribution in [0.5, 0.6) is 0 Å². The molecule has 2 aliphatic heterocycles. The van der Waals surface area contributed by atoms with Crippen molar-refractivity contribution < 1.29 is 19.1 Å². The van der Waals surface area contributed by atoms with E-state index in [1.165, 1.54) is 0 Å². The molecule has 0 N–H and O–H groups in total. The largest absolute Gasteiger partial charge is 0.393 e. The van der Waals surface area contributed by atoms with Gasteiger partial charge >= 0.3 is 11.9 Å². The molecule has 0 aromatic heterocycles. The predicted octanol–water partition coefficient (Wildman–Crippen LogP) is 0.645. The normalized spacial score (nSPS) is 30.6. The molecule has 0 aliphatic carbocycles. The number of cyclic esters (lactones) is 2. The SMILES string of the molecule is O=C1CC(C2CCCO2)CC(=O)O1. The molecule has 2 heterocycles. The first-order valence-corrected chi connectivity index (χ1v) is 4.61. The quantitative estimate of drug-likeness (QED) is 0.443. The Balaban J connectivity index is 1.97. The number of hydrogen-bond donors (Lipinski definition) is 0. The molecular formula is C9H12O4. The van der Waals surface area contributed by atoms with E-state index in [-0.39, 0.29) is 12.0 Å². The summed E-state index contributed by atoms with van der Waals surface area (Å²) in [5.74, 6) is -0.759. The first-order valence-electron chi connectivity index (χ1n) is 4.61. The highest BCUT2D eigenvalue weighted by atomic mass is 16.6. The summed E-state index contributed by atoms with van der Waals surface area (Å²) in [6.07, 6.45) is 2.75. The van der Waals surface area contributed by atoms with E-state index >= 15 is 0 Å². The summed E-state index contributed by atoms with van der Waals surface area (Å²) >= 11 is 0. The third-order valence-corrected chi connectivity index (χ3v) is 2.58.